The summed E-state index contributed by atoms with van der Waals surface area (Å²) in [5.74, 6) is -0.307. The molecule has 20 heavy (non-hydrogen) atoms. The number of nitrogens with zero attached hydrogens (tertiary/aromatic N) is 1. The molecule has 1 unspecified atom stereocenters. The predicted molar refractivity (Wildman–Crippen MR) is 88.6 cm³/mol. The van der Waals surface area contributed by atoms with E-state index < -0.39 is 6.04 Å². The third-order valence-electron chi connectivity index (χ3n) is 3.02. The molecule has 1 aromatic carbocycles. The van der Waals surface area contributed by atoms with Gasteiger partial charge in [0.25, 0.3) is 5.91 Å². The molecule has 7 heteroatoms. The maximum Gasteiger partial charge on any atom is 0.252 e. The molecule has 0 radical (unpaired) electrons. The van der Waals surface area contributed by atoms with Crippen LogP contribution in [0.15, 0.2) is 25.6 Å². The fourth-order valence-corrected chi connectivity index (χ4v) is 4.65. The van der Waals surface area contributed by atoms with Crippen molar-refractivity contribution in [3.05, 3.63) is 25.6 Å². The van der Waals surface area contributed by atoms with Gasteiger partial charge in [0.1, 0.15) is 6.04 Å². The number of imide groups is 1. The van der Waals surface area contributed by atoms with E-state index in [4.69, 9.17) is 0 Å². The Morgan fingerprint density at radius 2 is 1.75 bits per heavy atom. The van der Waals surface area contributed by atoms with E-state index in [-0.39, 0.29) is 24.3 Å². The number of nitrogens with one attached hydrogen (secondary N) is 1. The van der Waals surface area contributed by atoms with Gasteiger partial charge in [0.2, 0.25) is 5.91 Å². The number of carbonyl (C=O) groups is 2. The van der Waals surface area contributed by atoms with E-state index in [2.05, 4.69) is 53.1 Å². The lowest BCUT2D eigenvalue weighted by molar-refractivity contribution is -0.140. The lowest BCUT2D eigenvalue weighted by Gasteiger charge is -2.20. The van der Waals surface area contributed by atoms with Crippen LogP contribution in [0.1, 0.15) is 20.3 Å². The van der Waals surface area contributed by atoms with Gasteiger partial charge in [-0.3, -0.25) is 14.5 Å². The topological polar surface area (TPSA) is 49.4 Å². The Morgan fingerprint density at radius 1 is 1.20 bits per heavy atom. The van der Waals surface area contributed by atoms with Crippen molar-refractivity contribution >= 4 is 65.3 Å². The van der Waals surface area contributed by atoms with Crippen molar-refractivity contribution in [2.24, 2.45) is 0 Å². The molecule has 0 aliphatic carbocycles. The van der Waals surface area contributed by atoms with Crippen LogP contribution in [0.2, 0.25) is 0 Å². The third kappa shape index (κ3) is 3.09. The summed E-state index contributed by atoms with van der Waals surface area (Å²) in [5, 5.41) is 3.14. The van der Waals surface area contributed by atoms with Gasteiger partial charge in [-0.15, -0.1) is 0 Å². The lowest BCUT2D eigenvalue weighted by atomic mass is 10.2. The van der Waals surface area contributed by atoms with Crippen LogP contribution in [0, 0.1) is 0 Å². The first-order valence-corrected chi connectivity index (χ1v) is 8.46. The van der Waals surface area contributed by atoms with Crippen molar-refractivity contribution < 1.29 is 9.59 Å². The maximum atomic E-state index is 12.3. The van der Waals surface area contributed by atoms with E-state index in [9.17, 15) is 9.59 Å². The highest BCUT2D eigenvalue weighted by molar-refractivity contribution is 9.11. The van der Waals surface area contributed by atoms with Gasteiger partial charge in [0.15, 0.2) is 0 Å². The standard InChI is InChI=1S/C13H13Br3N2O2/c1-6(2)18-11(19)5-10(13(18)20)17-12-8(15)3-7(14)4-9(12)16/h3-4,6,10,17H,5H2,1-2H3. The molecule has 1 N–H and O–H groups in total. The average Bonchev–Trinajstić information content (AvgIpc) is 2.58. The fourth-order valence-electron chi connectivity index (χ4n) is 2.16. The van der Waals surface area contributed by atoms with Gasteiger partial charge in [0.05, 0.1) is 12.1 Å². The van der Waals surface area contributed by atoms with Gasteiger partial charge in [-0.1, -0.05) is 15.9 Å². The number of amides is 2. The zero-order valence-corrected chi connectivity index (χ0v) is 15.7. The Balaban J connectivity index is 2.24. The molecule has 1 saturated heterocycles. The maximum absolute atomic E-state index is 12.3. The Labute approximate surface area is 142 Å². The Kier molecular flexibility index (Phi) is 4.92. The number of hydrogen-bond donors (Lipinski definition) is 1. The molecule has 1 atom stereocenters. The normalized spacial score (nSPS) is 19.1. The largest absolute Gasteiger partial charge is 0.371 e. The number of benzene rings is 1. The fraction of sp³-hybridized carbons (Fsp3) is 0.385. The number of hydrogen-bond acceptors (Lipinski definition) is 3. The van der Waals surface area contributed by atoms with Crippen LogP contribution in [0.5, 0.6) is 0 Å². The molecule has 0 spiro atoms. The molecule has 2 amide bonds. The van der Waals surface area contributed by atoms with Crippen LogP contribution in [0.3, 0.4) is 0 Å². The third-order valence-corrected chi connectivity index (χ3v) is 4.73. The van der Waals surface area contributed by atoms with Crippen LogP contribution < -0.4 is 5.32 Å². The first-order chi connectivity index (χ1) is 9.31. The van der Waals surface area contributed by atoms with Gasteiger partial charge in [0, 0.05) is 19.5 Å². The molecule has 2 rings (SSSR count). The highest BCUT2D eigenvalue weighted by atomic mass is 79.9. The molecule has 1 aliphatic rings. The van der Waals surface area contributed by atoms with Crippen LogP contribution in [0.4, 0.5) is 5.69 Å². The number of halogens is 3. The zero-order chi connectivity index (χ0) is 15.0. The van der Waals surface area contributed by atoms with E-state index >= 15 is 0 Å². The molecule has 108 valence electrons. The van der Waals surface area contributed by atoms with Crippen molar-refractivity contribution in [2.45, 2.75) is 32.4 Å². The monoisotopic (exact) mass is 466 g/mol. The number of carbonyl (C=O) groups excluding carboxylic acids is 2. The first kappa shape index (κ1) is 16.0. The van der Waals surface area contributed by atoms with Crippen LogP contribution in [-0.4, -0.2) is 28.8 Å². The minimum atomic E-state index is -0.515. The molecule has 4 nitrogen and oxygen atoms in total. The predicted octanol–water partition coefficient (Wildman–Crippen LogP) is 3.92. The van der Waals surface area contributed by atoms with Gasteiger partial charge >= 0.3 is 0 Å². The summed E-state index contributed by atoms with van der Waals surface area (Å²) in [6.45, 7) is 3.67. The molecule has 1 aliphatic heterocycles. The average molecular weight is 469 g/mol. The summed E-state index contributed by atoms with van der Waals surface area (Å²) in [6.07, 6.45) is 0.186. The summed E-state index contributed by atoms with van der Waals surface area (Å²) in [5.41, 5.74) is 0.768. The van der Waals surface area contributed by atoms with E-state index in [0.717, 1.165) is 19.1 Å². The Hall–Kier alpha value is -0.400. The van der Waals surface area contributed by atoms with Gasteiger partial charge in [-0.05, 0) is 57.8 Å². The SMILES string of the molecule is CC(C)N1C(=O)CC(Nc2c(Br)cc(Br)cc2Br)C1=O. The minimum Gasteiger partial charge on any atom is -0.371 e. The number of likely N-dealkylation sites (tertiary alicyclic amines) is 1. The minimum absolute atomic E-state index is 0.112. The molecular formula is C13H13Br3N2O2. The Morgan fingerprint density at radius 3 is 2.20 bits per heavy atom. The van der Waals surface area contributed by atoms with Crippen LogP contribution >= 0.6 is 47.8 Å². The molecule has 1 heterocycles. The highest BCUT2D eigenvalue weighted by Crippen LogP contribution is 2.35. The first-order valence-electron chi connectivity index (χ1n) is 6.08. The second kappa shape index (κ2) is 6.15. The molecule has 0 aromatic heterocycles. The van der Waals surface area contributed by atoms with Gasteiger partial charge in [-0.25, -0.2) is 0 Å². The highest BCUT2D eigenvalue weighted by Gasteiger charge is 2.40. The molecule has 1 aromatic rings. The van der Waals surface area contributed by atoms with E-state index in [1.165, 1.54) is 4.90 Å². The van der Waals surface area contributed by atoms with Gasteiger partial charge < -0.3 is 5.32 Å². The van der Waals surface area contributed by atoms with E-state index in [0.29, 0.717) is 0 Å². The van der Waals surface area contributed by atoms with E-state index in [1.807, 2.05) is 26.0 Å². The molecule has 0 saturated carbocycles. The summed E-state index contributed by atoms with van der Waals surface area (Å²) >= 11 is 10.3. The summed E-state index contributed by atoms with van der Waals surface area (Å²) in [7, 11) is 0. The quantitative estimate of drug-likeness (QED) is 0.684. The van der Waals surface area contributed by atoms with Crippen molar-refractivity contribution in [2.75, 3.05) is 5.32 Å². The van der Waals surface area contributed by atoms with Crippen molar-refractivity contribution in [1.29, 1.82) is 0 Å². The van der Waals surface area contributed by atoms with Crippen LogP contribution in [0.25, 0.3) is 0 Å². The molecular weight excluding hydrogens is 456 g/mol. The lowest BCUT2D eigenvalue weighted by Crippen LogP contribution is -2.39. The van der Waals surface area contributed by atoms with Crippen molar-refractivity contribution in [1.82, 2.24) is 4.90 Å². The molecule has 0 bridgehead atoms. The second-order valence-corrected chi connectivity index (χ2v) is 7.47. The summed E-state index contributed by atoms with van der Waals surface area (Å²) in [6, 6.07) is 3.14. The summed E-state index contributed by atoms with van der Waals surface area (Å²) < 4.78 is 2.56. The van der Waals surface area contributed by atoms with Crippen LogP contribution in [-0.2, 0) is 9.59 Å². The smallest absolute Gasteiger partial charge is 0.252 e. The van der Waals surface area contributed by atoms with E-state index in [1.54, 1.807) is 0 Å². The molecule has 1 fully saturated rings. The Bertz CT molecular complexity index is 552. The second-order valence-electron chi connectivity index (χ2n) is 4.84. The van der Waals surface area contributed by atoms with Crippen molar-refractivity contribution in [3.8, 4) is 0 Å². The summed E-state index contributed by atoms with van der Waals surface area (Å²) in [4.78, 5) is 25.5. The van der Waals surface area contributed by atoms with Crippen molar-refractivity contribution in [3.63, 3.8) is 0 Å². The number of rotatable bonds is 3. The number of anilines is 1. The zero-order valence-electron chi connectivity index (χ0n) is 10.9. The van der Waals surface area contributed by atoms with Gasteiger partial charge in [-0.2, -0.15) is 0 Å².